The second kappa shape index (κ2) is 3.01. The monoisotopic (exact) mass is 225 g/mol. The van der Waals surface area contributed by atoms with Crippen LogP contribution in [0.3, 0.4) is 0 Å². The third-order valence-corrected chi connectivity index (χ3v) is 4.31. The van der Waals surface area contributed by atoms with Gasteiger partial charge in [0, 0.05) is 23.8 Å². The normalized spacial score (nSPS) is 25.3. The number of nitrogens with one attached hydrogen (secondary N) is 1. The minimum atomic E-state index is -2.59. The predicted molar refractivity (Wildman–Crippen MR) is 58.4 cm³/mol. The molecule has 2 rings (SSSR count). The van der Waals surface area contributed by atoms with E-state index in [1.54, 1.807) is 6.20 Å². The lowest BCUT2D eigenvalue weighted by Crippen LogP contribution is -2.17. The summed E-state index contributed by atoms with van der Waals surface area (Å²) in [4.78, 5) is 9.15. The molecule has 0 unspecified atom stereocenters. The van der Waals surface area contributed by atoms with E-state index in [9.17, 15) is 4.21 Å². The largest absolute Gasteiger partial charge is 0.249 e. The Morgan fingerprint density at radius 1 is 1.47 bits per heavy atom. The summed E-state index contributed by atoms with van der Waals surface area (Å²) in [5, 5.41) is 0. The molecule has 0 fully saturated rings. The first-order valence-corrected chi connectivity index (χ1v) is 6.66. The van der Waals surface area contributed by atoms with Crippen molar-refractivity contribution in [3.63, 3.8) is 0 Å². The molecule has 15 heavy (non-hydrogen) atoms. The third kappa shape index (κ3) is 1.76. The van der Waals surface area contributed by atoms with E-state index < -0.39 is 9.73 Å². The molecule has 0 aromatic carbocycles. The van der Waals surface area contributed by atoms with Crippen LogP contribution in [0.4, 0.5) is 0 Å². The molecule has 1 N–H and O–H groups in total. The van der Waals surface area contributed by atoms with Gasteiger partial charge in [-0.1, -0.05) is 20.8 Å². The summed E-state index contributed by atoms with van der Waals surface area (Å²) in [5.74, 6) is 1.16. The fourth-order valence-corrected chi connectivity index (χ4v) is 3.02. The zero-order valence-corrected chi connectivity index (χ0v) is 10.0. The quantitative estimate of drug-likeness (QED) is 0.731. The van der Waals surface area contributed by atoms with Gasteiger partial charge in [0.05, 0.1) is 20.3 Å². The smallest absolute Gasteiger partial charge is 0.133 e. The minimum absolute atomic E-state index is 0.0967. The van der Waals surface area contributed by atoms with E-state index in [0.29, 0.717) is 17.1 Å². The Labute approximate surface area is 90.1 Å². The number of hydrogen-bond donors (Lipinski definition) is 1. The summed E-state index contributed by atoms with van der Waals surface area (Å²) in [6, 6.07) is 0. The van der Waals surface area contributed by atoms with E-state index in [2.05, 4.69) is 9.97 Å². The molecule has 1 aliphatic rings. The average molecular weight is 225 g/mol. The fraction of sp³-hybridized carbons (Fsp3) is 0.600. The van der Waals surface area contributed by atoms with Gasteiger partial charge in [0.25, 0.3) is 0 Å². The van der Waals surface area contributed by atoms with Crippen LogP contribution in [0.2, 0.25) is 0 Å². The van der Waals surface area contributed by atoms with Crippen LogP contribution in [0.15, 0.2) is 11.1 Å². The Morgan fingerprint density at radius 2 is 2.13 bits per heavy atom. The van der Waals surface area contributed by atoms with Gasteiger partial charge in [-0.3, -0.25) is 0 Å². The Kier molecular flexibility index (Phi) is 2.12. The summed E-state index contributed by atoms with van der Waals surface area (Å²) in [5.41, 5.74) is 0.704. The maximum atomic E-state index is 11.8. The van der Waals surface area contributed by atoms with Crippen molar-refractivity contribution in [1.82, 2.24) is 9.97 Å². The highest BCUT2D eigenvalue weighted by molar-refractivity contribution is 7.92. The molecule has 2 heterocycles. The van der Waals surface area contributed by atoms with Crippen molar-refractivity contribution in [3.8, 4) is 0 Å². The van der Waals surface area contributed by atoms with E-state index in [1.807, 2.05) is 20.8 Å². The minimum Gasteiger partial charge on any atom is -0.249 e. The molecular formula is C10H15N3OS. The van der Waals surface area contributed by atoms with Crippen molar-refractivity contribution in [3.05, 3.63) is 17.7 Å². The van der Waals surface area contributed by atoms with Gasteiger partial charge in [-0.25, -0.2) is 19.0 Å². The zero-order valence-electron chi connectivity index (χ0n) is 9.20. The van der Waals surface area contributed by atoms with Gasteiger partial charge in [0.2, 0.25) is 0 Å². The molecule has 0 radical (unpaired) electrons. The van der Waals surface area contributed by atoms with Crippen molar-refractivity contribution in [2.75, 3.05) is 5.75 Å². The van der Waals surface area contributed by atoms with Crippen LogP contribution in [0, 0.1) is 4.78 Å². The number of fused-ring (bicyclic) bond motifs is 1. The Hall–Kier alpha value is -0.970. The number of rotatable bonds is 0. The molecule has 0 bridgehead atoms. The first kappa shape index (κ1) is 10.5. The van der Waals surface area contributed by atoms with Gasteiger partial charge < -0.3 is 0 Å². The van der Waals surface area contributed by atoms with Gasteiger partial charge in [-0.05, 0) is 0 Å². The van der Waals surface area contributed by atoms with Crippen molar-refractivity contribution in [2.45, 2.75) is 37.5 Å². The van der Waals surface area contributed by atoms with E-state index in [-0.39, 0.29) is 5.41 Å². The van der Waals surface area contributed by atoms with Crippen LogP contribution in [0.5, 0.6) is 0 Å². The molecule has 0 amide bonds. The van der Waals surface area contributed by atoms with E-state index >= 15 is 0 Å². The second-order valence-corrected chi connectivity index (χ2v) is 7.08. The lowest BCUT2D eigenvalue weighted by Gasteiger charge is -2.16. The standard InChI is InChI=1S/C10H15N3OS/c1-10(2,3)9-12-6-8-7(13-9)4-5-15(8,11)14/h6,11H,4-5H2,1-3H3/t15-/m0/s1. The summed E-state index contributed by atoms with van der Waals surface area (Å²) in [6.07, 6.45) is 2.22. The highest BCUT2D eigenvalue weighted by Gasteiger charge is 2.27. The summed E-state index contributed by atoms with van der Waals surface area (Å²) in [7, 11) is -2.59. The number of aryl methyl sites for hydroxylation is 1. The fourth-order valence-electron chi connectivity index (χ4n) is 1.57. The summed E-state index contributed by atoms with van der Waals surface area (Å²) >= 11 is 0. The summed E-state index contributed by atoms with van der Waals surface area (Å²) in [6.45, 7) is 6.13. The highest BCUT2D eigenvalue weighted by Crippen LogP contribution is 2.26. The maximum absolute atomic E-state index is 11.8. The topological polar surface area (TPSA) is 66.7 Å². The molecule has 1 atom stereocenters. The van der Waals surface area contributed by atoms with Crippen LogP contribution in [0.1, 0.15) is 32.3 Å². The van der Waals surface area contributed by atoms with Crippen LogP contribution >= 0.6 is 0 Å². The Bertz CT molecular complexity index is 500. The molecule has 0 spiro atoms. The Balaban J connectivity index is 2.56. The number of hydrogen-bond acceptors (Lipinski definition) is 4. The van der Waals surface area contributed by atoms with E-state index in [0.717, 1.165) is 11.5 Å². The predicted octanol–water partition coefficient (Wildman–Crippen LogP) is 1.74. The molecule has 0 aliphatic carbocycles. The van der Waals surface area contributed by atoms with Gasteiger partial charge in [0.15, 0.2) is 0 Å². The van der Waals surface area contributed by atoms with Crippen LogP contribution < -0.4 is 0 Å². The van der Waals surface area contributed by atoms with Crippen LogP contribution in [0.25, 0.3) is 0 Å². The van der Waals surface area contributed by atoms with Gasteiger partial charge in [0.1, 0.15) is 5.82 Å². The summed E-state index contributed by atoms with van der Waals surface area (Å²) < 4.78 is 19.4. The van der Waals surface area contributed by atoms with Crippen LogP contribution in [-0.2, 0) is 21.6 Å². The van der Waals surface area contributed by atoms with Crippen molar-refractivity contribution in [1.29, 1.82) is 4.78 Å². The van der Waals surface area contributed by atoms with Gasteiger partial charge in [-0.15, -0.1) is 0 Å². The van der Waals surface area contributed by atoms with Gasteiger partial charge in [-0.2, -0.15) is 0 Å². The molecule has 82 valence electrons. The van der Waals surface area contributed by atoms with E-state index in [4.69, 9.17) is 4.78 Å². The number of nitrogens with zero attached hydrogens (tertiary/aromatic N) is 2. The molecule has 4 nitrogen and oxygen atoms in total. The molecule has 1 aromatic rings. The first-order chi connectivity index (χ1) is 6.81. The van der Waals surface area contributed by atoms with Crippen molar-refractivity contribution < 1.29 is 4.21 Å². The number of aromatic nitrogens is 2. The SMILES string of the molecule is CC(C)(C)c1ncc2c(n1)CC[S@]2(=N)=O. The van der Waals surface area contributed by atoms with Crippen molar-refractivity contribution >= 4 is 9.73 Å². The molecule has 0 saturated carbocycles. The maximum Gasteiger partial charge on any atom is 0.133 e. The molecule has 5 heteroatoms. The third-order valence-electron chi connectivity index (χ3n) is 2.48. The van der Waals surface area contributed by atoms with Crippen molar-refractivity contribution in [2.24, 2.45) is 0 Å². The molecule has 1 aromatic heterocycles. The zero-order chi connectivity index (χ0) is 11.3. The molecular weight excluding hydrogens is 210 g/mol. The van der Waals surface area contributed by atoms with E-state index in [1.165, 1.54) is 0 Å². The highest BCUT2D eigenvalue weighted by atomic mass is 32.2. The Morgan fingerprint density at radius 3 is 2.73 bits per heavy atom. The molecule has 1 aliphatic heterocycles. The lowest BCUT2D eigenvalue weighted by atomic mass is 9.95. The first-order valence-electron chi connectivity index (χ1n) is 4.93. The second-order valence-electron chi connectivity index (χ2n) is 4.88. The molecule has 0 saturated heterocycles. The van der Waals surface area contributed by atoms with Gasteiger partial charge >= 0.3 is 0 Å². The lowest BCUT2D eigenvalue weighted by molar-refractivity contribution is 0.539. The average Bonchev–Trinajstić information content (AvgIpc) is 2.41. The van der Waals surface area contributed by atoms with Crippen LogP contribution in [-0.4, -0.2) is 19.9 Å².